The number of rotatable bonds is 6. The zero-order chi connectivity index (χ0) is 24.2. The maximum absolute atomic E-state index is 13.1. The molecule has 1 amide bonds. The molecule has 0 atom stereocenters. The number of hydrogen-bond acceptors (Lipinski definition) is 7. The van der Waals surface area contributed by atoms with Gasteiger partial charge >= 0.3 is 0 Å². The van der Waals surface area contributed by atoms with Crippen molar-refractivity contribution in [2.24, 2.45) is 5.73 Å². The minimum absolute atomic E-state index is 0.255. The first-order chi connectivity index (χ1) is 17.1. The fraction of sp³-hybridized carbons (Fsp3) is 0.231. The molecule has 9 nitrogen and oxygen atoms in total. The molecule has 4 aromatic rings. The van der Waals surface area contributed by atoms with Crippen molar-refractivity contribution in [2.45, 2.75) is 37.8 Å². The minimum Gasteiger partial charge on any atom is -0.366 e. The Kier molecular flexibility index (Phi) is 6.28. The summed E-state index contributed by atoms with van der Waals surface area (Å²) < 4.78 is 1.56. The SMILES string of the molecule is N#Cc1ccc(NC(=O)c2cnc3c(Nc4ccccc4)cc(N[C@H]4CC[C@H](N)CC4)nn23)cc1. The quantitative estimate of drug-likeness (QED) is 0.333. The molecule has 0 bridgehead atoms. The molecule has 0 radical (unpaired) electrons. The van der Waals surface area contributed by atoms with E-state index in [0.29, 0.717) is 28.4 Å². The predicted molar refractivity (Wildman–Crippen MR) is 136 cm³/mol. The van der Waals surface area contributed by atoms with Crippen LogP contribution in [0.15, 0.2) is 66.9 Å². The largest absolute Gasteiger partial charge is 0.366 e. The topological polar surface area (TPSA) is 133 Å². The van der Waals surface area contributed by atoms with Gasteiger partial charge in [0.2, 0.25) is 0 Å². The standard InChI is InChI=1S/C26H26N8O/c27-15-17-6-10-21(11-7-17)32-26(35)23-16-29-25-22(30-19-4-2-1-3-5-19)14-24(33-34(23)25)31-20-12-8-18(28)9-13-20/h1-7,10-11,14,16,18,20,30H,8-9,12-13,28H2,(H,31,33)(H,32,35)/t18-,20-. The number of amides is 1. The van der Waals surface area contributed by atoms with Gasteiger partial charge in [-0.25, -0.2) is 9.50 Å². The first kappa shape index (κ1) is 22.4. The lowest BCUT2D eigenvalue weighted by Gasteiger charge is -2.27. The highest BCUT2D eigenvalue weighted by atomic mass is 16.2. The van der Waals surface area contributed by atoms with Crippen LogP contribution in [0.1, 0.15) is 41.7 Å². The maximum atomic E-state index is 13.1. The van der Waals surface area contributed by atoms with Gasteiger partial charge in [-0.2, -0.15) is 5.26 Å². The van der Waals surface area contributed by atoms with Gasteiger partial charge in [0.05, 0.1) is 23.5 Å². The van der Waals surface area contributed by atoms with Crippen molar-refractivity contribution in [3.05, 3.63) is 78.1 Å². The molecule has 0 aliphatic heterocycles. The van der Waals surface area contributed by atoms with E-state index < -0.39 is 0 Å². The average Bonchev–Trinajstić information content (AvgIpc) is 3.31. The molecule has 0 spiro atoms. The number of para-hydroxylation sites is 1. The third-order valence-corrected chi connectivity index (χ3v) is 6.15. The first-order valence-corrected chi connectivity index (χ1v) is 11.6. The molecule has 2 heterocycles. The molecule has 0 unspecified atom stereocenters. The van der Waals surface area contributed by atoms with Gasteiger partial charge in [-0.15, -0.1) is 5.10 Å². The number of carbonyl (C=O) groups excluding carboxylic acids is 1. The molecule has 1 aliphatic carbocycles. The highest BCUT2D eigenvalue weighted by Gasteiger charge is 2.21. The van der Waals surface area contributed by atoms with Crippen molar-refractivity contribution in [1.82, 2.24) is 14.6 Å². The number of fused-ring (bicyclic) bond motifs is 1. The van der Waals surface area contributed by atoms with Crippen molar-refractivity contribution in [3.8, 4) is 6.07 Å². The number of nitrogens with one attached hydrogen (secondary N) is 3. The number of benzene rings is 2. The summed E-state index contributed by atoms with van der Waals surface area (Å²) in [5.74, 6) is 0.308. The van der Waals surface area contributed by atoms with Gasteiger partial charge < -0.3 is 21.7 Å². The maximum Gasteiger partial charge on any atom is 0.276 e. The van der Waals surface area contributed by atoms with Gasteiger partial charge in [0.25, 0.3) is 5.91 Å². The van der Waals surface area contributed by atoms with Crippen LogP contribution in [0.3, 0.4) is 0 Å². The number of nitriles is 1. The summed E-state index contributed by atoms with van der Waals surface area (Å²) in [6.45, 7) is 0. The number of hydrogen-bond donors (Lipinski definition) is 4. The van der Waals surface area contributed by atoms with E-state index in [1.807, 2.05) is 36.4 Å². The van der Waals surface area contributed by atoms with Crippen molar-refractivity contribution in [1.29, 1.82) is 5.26 Å². The molecule has 0 saturated heterocycles. The number of nitrogens with zero attached hydrogens (tertiary/aromatic N) is 4. The molecule has 1 saturated carbocycles. The van der Waals surface area contributed by atoms with Crippen molar-refractivity contribution >= 4 is 34.4 Å². The average molecular weight is 467 g/mol. The molecule has 5 rings (SSSR count). The van der Waals surface area contributed by atoms with E-state index in [1.54, 1.807) is 28.8 Å². The third kappa shape index (κ3) is 5.08. The first-order valence-electron chi connectivity index (χ1n) is 11.6. The summed E-state index contributed by atoms with van der Waals surface area (Å²) in [7, 11) is 0. The Morgan fingerprint density at radius 1 is 1.03 bits per heavy atom. The molecule has 2 aromatic carbocycles. The normalized spacial score (nSPS) is 17.5. The number of carbonyl (C=O) groups is 1. The monoisotopic (exact) mass is 466 g/mol. The van der Waals surface area contributed by atoms with Crippen LogP contribution < -0.4 is 21.7 Å². The van der Waals surface area contributed by atoms with Crippen molar-refractivity contribution in [3.63, 3.8) is 0 Å². The van der Waals surface area contributed by atoms with E-state index in [1.165, 1.54) is 6.20 Å². The molecule has 1 fully saturated rings. The molecule has 2 aromatic heterocycles. The van der Waals surface area contributed by atoms with Crippen LogP contribution in [-0.2, 0) is 0 Å². The lowest BCUT2D eigenvalue weighted by atomic mass is 9.92. The molecule has 9 heteroatoms. The van der Waals surface area contributed by atoms with E-state index in [4.69, 9.17) is 16.1 Å². The summed E-state index contributed by atoms with van der Waals surface area (Å²) in [5, 5.41) is 23.5. The van der Waals surface area contributed by atoms with E-state index in [0.717, 1.165) is 37.1 Å². The van der Waals surface area contributed by atoms with Crippen molar-refractivity contribution < 1.29 is 4.79 Å². The Balaban J connectivity index is 1.47. The molecule has 1 aliphatic rings. The van der Waals surface area contributed by atoms with Crippen LogP contribution in [-0.4, -0.2) is 32.6 Å². The zero-order valence-corrected chi connectivity index (χ0v) is 19.1. The summed E-state index contributed by atoms with van der Waals surface area (Å²) in [5.41, 5.74) is 9.65. The van der Waals surface area contributed by atoms with E-state index >= 15 is 0 Å². The third-order valence-electron chi connectivity index (χ3n) is 6.15. The van der Waals surface area contributed by atoms with E-state index in [9.17, 15) is 4.79 Å². The molecule has 176 valence electrons. The van der Waals surface area contributed by atoms with Crippen molar-refractivity contribution in [2.75, 3.05) is 16.0 Å². The molecule has 5 N–H and O–H groups in total. The van der Waals surface area contributed by atoms with Gasteiger partial charge in [-0.1, -0.05) is 18.2 Å². The number of aromatic nitrogens is 3. The number of imidazole rings is 1. The molecule has 35 heavy (non-hydrogen) atoms. The van der Waals surface area contributed by atoms with Crippen LogP contribution >= 0.6 is 0 Å². The Labute approximate surface area is 203 Å². The van der Waals surface area contributed by atoms with Gasteiger partial charge in [-0.3, -0.25) is 4.79 Å². The predicted octanol–water partition coefficient (Wildman–Crippen LogP) is 4.28. The Hall–Kier alpha value is -4.42. The lowest BCUT2D eigenvalue weighted by molar-refractivity contribution is 0.102. The lowest BCUT2D eigenvalue weighted by Crippen LogP contribution is -2.33. The van der Waals surface area contributed by atoms with Crippen LogP contribution in [0.25, 0.3) is 5.65 Å². The van der Waals surface area contributed by atoms with Gasteiger partial charge in [0, 0.05) is 29.5 Å². The second-order valence-electron chi connectivity index (χ2n) is 8.71. The second kappa shape index (κ2) is 9.83. The summed E-state index contributed by atoms with van der Waals surface area (Å²) >= 11 is 0. The smallest absolute Gasteiger partial charge is 0.276 e. The van der Waals surface area contributed by atoms with Gasteiger partial charge in [0.1, 0.15) is 5.82 Å². The van der Waals surface area contributed by atoms with Crippen LogP contribution in [0.4, 0.5) is 22.9 Å². The molecular weight excluding hydrogens is 440 g/mol. The fourth-order valence-corrected chi connectivity index (χ4v) is 4.26. The number of nitrogens with two attached hydrogens (primary N) is 1. The Bertz CT molecular complexity index is 1370. The summed E-state index contributed by atoms with van der Waals surface area (Å²) in [6.07, 6.45) is 5.40. The van der Waals surface area contributed by atoms with Gasteiger partial charge in [0.15, 0.2) is 11.3 Å². The highest BCUT2D eigenvalue weighted by molar-refractivity contribution is 6.03. The van der Waals surface area contributed by atoms with Crippen LogP contribution in [0.2, 0.25) is 0 Å². The summed E-state index contributed by atoms with van der Waals surface area (Å²) in [6, 6.07) is 21.0. The van der Waals surface area contributed by atoms with Gasteiger partial charge in [-0.05, 0) is 62.1 Å². The van der Waals surface area contributed by atoms with Crippen LogP contribution in [0.5, 0.6) is 0 Å². The summed E-state index contributed by atoms with van der Waals surface area (Å²) in [4.78, 5) is 17.6. The minimum atomic E-state index is -0.346. The Morgan fingerprint density at radius 2 is 1.77 bits per heavy atom. The molecular formula is C26H26N8O. The Morgan fingerprint density at radius 3 is 2.49 bits per heavy atom. The highest BCUT2D eigenvalue weighted by Crippen LogP contribution is 2.27. The zero-order valence-electron chi connectivity index (χ0n) is 19.1. The fourth-order valence-electron chi connectivity index (χ4n) is 4.26. The number of anilines is 4. The van der Waals surface area contributed by atoms with E-state index in [-0.39, 0.29) is 18.0 Å². The van der Waals surface area contributed by atoms with E-state index in [2.05, 4.69) is 27.0 Å². The second-order valence-corrected chi connectivity index (χ2v) is 8.71. The van der Waals surface area contributed by atoms with Crippen LogP contribution in [0, 0.1) is 11.3 Å².